The number of ether oxygens (including phenoxy) is 2. The molecular weight excluding hydrogens is 437 g/mol. The standard InChI is InChI=1S/C27H24FNO5/c28-17-8-2-3-9-18(17)29-24(32)15-33-21-12-4-1-7-16(21)25-26-19(30)10-5-13-22(26)34-23-14-6-11-20(31)27(23)25/h1-4,7-9,12,25H,5-6,10-11,13-15H2,(H,29,32). The van der Waals surface area contributed by atoms with E-state index in [1.54, 1.807) is 18.2 Å². The predicted molar refractivity (Wildman–Crippen MR) is 123 cm³/mol. The summed E-state index contributed by atoms with van der Waals surface area (Å²) in [5.74, 6) is -0.00737. The number of hydrogen-bond donors (Lipinski definition) is 1. The van der Waals surface area contributed by atoms with Gasteiger partial charge in [-0.3, -0.25) is 14.4 Å². The number of halogens is 1. The molecule has 1 aliphatic heterocycles. The Balaban J connectivity index is 1.46. The second-order valence-corrected chi connectivity index (χ2v) is 8.62. The van der Waals surface area contributed by atoms with Crippen molar-refractivity contribution in [2.45, 2.75) is 44.4 Å². The number of carbonyl (C=O) groups excluding carboxylic acids is 3. The van der Waals surface area contributed by atoms with E-state index in [1.165, 1.54) is 18.2 Å². The molecule has 0 saturated carbocycles. The smallest absolute Gasteiger partial charge is 0.262 e. The molecule has 6 nitrogen and oxygen atoms in total. The van der Waals surface area contributed by atoms with Crippen molar-refractivity contribution in [3.63, 3.8) is 0 Å². The van der Waals surface area contributed by atoms with E-state index in [4.69, 9.17) is 9.47 Å². The van der Waals surface area contributed by atoms with E-state index in [0.29, 0.717) is 59.7 Å². The lowest BCUT2D eigenvalue weighted by molar-refractivity contribution is -0.119. The van der Waals surface area contributed by atoms with Gasteiger partial charge in [0.1, 0.15) is 23.1 Å². The van der Waals surface area contributed by atoms with E-state index in [0.717, 1.165) is 12.8 Å². The summed E-state index contributed by atoms with van der Waals surface area (Å²) in [4.78, 5) is 38.4. The van der Waals surface area contributed by atoms with Gasteiger partial charge in [0.2, 0.25) is 0 Å². The average molecular weight is 461 g/mol. The fourth-order valence-corrected chi connectivity index (χ4v) is 4.87. The molecule has 0 bridgehead atoms. The van der Waals surface area contributed by atoms with Crippen LogP contribution in [0.2, 0.25) is 0 Å². The van der Waals surface area contributed by atoms with Gasteiger partial charge in [0.05, 0.1) is 11.6 Å². The topological polar surface area (TPSA) is 81.7 Å². The Bertz CT molecular complexity index is 1200. The van der Waals surface area contributed by atoms with Gasteiger partial charge < -0.3 is 14.8 Å². The minimum absolute atomic E-state index is 0.0247. The van der Waals surface area contributed by atoms with Gasteiger partial charge in [0.25, 0.3) is 5.91 Å². The highest BCUT2D eigenvalue weighted by molar-refractivity contribution is 6.06. The zero-order valence-corrected chi connectivity index (χ0v) is 18.6. The summed E-state index contributed by atoms with van der Waals surface area (Å²) in [5.41, 5.74) is 1.76. The number of Topliss-reactive ketones (excluding diaryl/α,β-unsaturated/α-hetero) is 2. The lowest BCUT2D eigenvalue weighted by atomic mass is 9.73. The van der Waals surface area contributed by atoms with E-state index >= 15 is 0 Å². The zero-order valence-electron chi connectivity index (χ0n) is 18.6. The maximum Gasteiger partial charge on any atom is 0.262 e. The third-order valence-corrected chi connectivity index (χ3v) is 6.38. The van der Waals surface area contributed by atoms with E-state index in [-0.39, 0.29) is 23.9 Å². The van der Waals surface area contributed by atoms with Gasteiger partial charge in [-0.1, -0.05) is 30.3 Å². The number of allylic oxidation sites excluding steroid dienone is 4. The lowest BCUT2D eigenvalue weighted by Crippen LogP contribution is -2.30. The molecule has 174 valence electrons. The number of anilines is 1. The summed E-state index contributed by atoms with van der Waals surface area (Å²) in [6.07, 6.45) is 3.55. The van der Waals surface area contributed by atoms with Crippen LogP contribution in [0.3, 0.4) is 0 Å². The molecule has 1 N–H and O–H groups in total. The van der Waals surface area contributed by atoms with Crippen molar-refractivity contribution in [3.05, 3.63) is 82.6 Å². The van der Waals surface area contributed by atoms with Crippen LogP contribution in [-0.4, -0.2) is 24.1 Å². The minimum Gasteiger partial charge on any atom is -0.483 e. The summed E-state index contributed by atoms with van der Waals surface area (Å²) in [5, 5.41) is 2.50. The number of para-hydroxylation sites is 2. The maximum atomic E-state index is 13.9. The van der Waals surface area contributed by atoms with E-state index in [1.807, 2.05) is 12.1 Å². The molecule has 0 aromatic heterocycles. The summed E-state index contributed by atoms with van der Waals surface area (Å²) >= 11 is 0. The lowest BCUT2D eigenvalue weighted by Gasteiger charge is -2.36. The zero-order chi connectivity index (χ0) is 23.7. The van der Waals surface area contributed by atoms with Crippen LogP contribution in [0.5, 0.6) is 5.75 Å². The third kappa shape index (κ3) is 4.14. The highest BCUT2D eigenvalue weighted by Crippen LogP contribution is 2.49. The van der Waals surface area contributed by atoms with Gasteiger partial charge >= 0.3 is 0 Å². The molecule has 0 atom stereocenters. The number of carbonyl (C=O) groups is 3. The first-order valence-corrected chi connectivity index (χ1v) is 11.5. The van der Waals surface area contributed by atoms with Crippen LogP contribution in [0, 0.1) is 5.82 Å². The molecular formula is C27H24FNO5. The largest absolute Gasteiger partial charge is 0.483 e. The second kappa shape index (κ2) is 9.25. The van der Waals surface area contributed by atoms with Gasteiger partial charge in [0.15, 0.2) is 18.2 Å². The molecule has 5 rings (SSSR count). The third-order valence-electron chi connectivity index (χ3n) is 6.38. The van der Waals surface area contributed by atoms with Crippen molar-refractivity contribution in [2.75, 3.05) is 11.9 Å². The Hall–Kier alpha value is -3.74. The van der Waals surface area contributed by atoms with Crippen molar-refractivity contribution in [2.24, 2.45) is 0 Å². The maximum absolute atomic E-state index is 13.9. The van der Waals surface area contributed by atoms with Crippen LogP contribution < -0.4 is 10.1 Å². The van der Waals surface area contributed by atoms with Gasteiger partial charge in [-0.25, -0.2) is 4.39 Å². The van der Waals surface area contributed by atoms with Gasteiger partial charge in [-0.2, -0.15) is 0 Å². The van der Waals surface area contributed by atoms with E-state index < -0.39 is 17.6 Å². The Kier molecular flexibility index (Phi) is 6.01. The Labute approximate surface area is 196 Å². The number of benzene rings is 2. The molecule has 34 heavy (non-hydrogen) atoms. The number of ketones is 2. The SMILES string of the molecule is O=C(COc1ccccc1C1C2=C(CCCC2=O)OC2=C1C(=O)CCC2)Nc1ccccc1F. The molecule has 0 spiro atoms. The molecule has 0 saturated heterocycles. The molecule has 1 amide bonds. The van der Waals surface area contributed by atoms with Crippen molar-refractivity contribution >= 4 is 23.2 Å². The predicted octanol–water partition coefficient (Wildman–Crippen LogP) is 4.97. The van der Waals surface area contributed by atoms with Crippen LogP contribution in [0.15, 0.2) is 71.2 Å². The van der Waals surface area contributed by atoms with Crippen molar-refractivity contribution in [1.29, 1.82) is 0 Å². The van der Waals surface area contributed by atoms with E-state index in [9.17, 15) is 18.8 Å². The Morgan fingerprint density at radius 1 is 0.912 bits per heavy atom. The Morgan fingerprint density at radius 2 is 1.53 bits per heavy atom. The van der Waals surface area contributed by atoms with Crippen molar-refractivity contribution < 1.29 is 28.2 Å². The molecule has 2 aromatic carbocycles. The number of hydrogen-bond acceptors (Lipinski definition) is 5. The monoisotopic (exact) mass is 461 g/mol. The highest BCUT2D eigenvalue weighted by Gasteiger charge is 2.42. The molecule has 7 heteroatoms. The first-order chi connectivity index (χ1) is 16.5. The summed E-state index contributed by atoms with van der Waals surface area (Å²) < 4.78 is 25.8. The first-order valence-electron chi connectivity index (χ1n) is 11.5. The average Bonchev–Trinajstić information content (AvgIpc) is 2.83. The molecule has 1 heterocycles. The number of nitrogens with one attached hydrogen (secondary N) is 1. The van der Waals surface area contributed by atoms with Crippen LogP contribution in [0.25, 0.3) is 0 Å². The highest BCUT2D eigenvalue weighted by atomic mass is 19.1. The molecule has 3 aliphatic rings. The fourth-order valence-electron chi connectivity index (χ4n) is 4.87. The molecule has 0 unspecified atom stereocenters. The summed E-state index contributed by atoms with van der Waals surface area (Å²) in [6, 6.07) is 13.0. The quantitative estimate of drug-likeness (QED) is 0.680. The summed E-state index contributed by atoms with van der Waals surface area (Å²) in [7, 11) is 0. The molecule has 0 radical (unpaired) electrons. The Morgan fingerprint density at radius 3 is 2.21 bits per heavy atom. The van der Waals surface area contributed by atoms with Crippen LogP contribution in [0.4, 0.5) is 10.1 Å². The van der Waals surface area contributed by atoms with Gasteiger partial charge in [-0.05, 0) is 31.0 Å². The molecule has 0 fully saturated rings. The number of rotatable bonds is 5. The van der Waals surface area contributed by atoms with Crippen LogP contribution >= 0.6 is 0 Å². The van der Waals surface area contributed by atoms with Crippen molar-refractivity contribution in [1.82, 2.24) is 0 Å². The van der Waals surface area contributed by atoms with Crippen LogP contribution in [0.1, 0.15) is 50.0 Å². The normalized spacial score (nSPS) is 18.3. The fraction of sp³-hybridized carbons (Fsp3) is 0.296. The van der Waals surface area contributed by atoms with E-state index in [2.05, 4.69) is 5.32 Å². The second-order valence-electron chi connectivity index (χ2n) is 8.62. The number of amides is 1. The summed E-state index contributed by atoms with van der Waals surface area (Å²) in [6.45, 7) is -0.353. The minimum atomic E-state index is -0.579. The van der Waals surface area contributed by atoms with Gasteiger partial charge in [0, 0.05) is 42.4 Å². The van der Waals surface area contributed by atoms with Gasteiger partial charge in [-0.15, -0.1) is 0 Å². The molecule has 2 aliphatic carbocycles. The first kappa shape index (κ1) is 22.1. The van der Waals surface area contributed by atoms with Crippen molar-refractivity contribution in [3.8, 4) is 5.75 Å². The molecule has 2 aromatic rings. The van der Waals surface area contributed by atoms with Crippen LogP contribution in [-0.2, 0) is 19.1 Å².